The van der Waals surface area contributed by atoms with Gasteiger partial charge in [-0.2, -0.15) is 0 Å². The molecule has 1 aromatic rings. The number of ether oxygens (including phenoxy) is 1. The smallest absolute Gasteiger partial charge is 0.399 e. The molecule has 3 heterocycles. The average Bonchev–Trinajstić information content (AvgIpc) is 2.77. The van der Waals surface area contributed by atoms with Crippen molar-refractivity contribution in [1.82, 2.24) is 4.90 Å². The van der Waals surface area contributed by atoms with E-state index in [1.54, 1.807) is 0 Å². The number of piperidine rings is 1. The molecule has 0 aliphatic carbocycles. The highest BCUT2D eigenvalue weighted by atomic mass is 16.7. The van der Waals surface area contributed by atoms with E-state index in [2.05, 4.69) is 39.6 Å². The van der Waals surface area contributed by atoms with Gasteiger partial charge >= 0.3 is 7.12 Å². The fourth-order valence-corrected chi connectivity index (χ4v) is 4.31. The summed E-state index contributed by atoms with van der Waals surface area (Å²) in [5.74, 6) is 0. The maximum absolute atomic E-state index is 11.3. The molecule has 2 bridgehead atoms. The zero-order valence-corrected chi connectivity index (χ0v) is 16.5. The largest absolute Gasteiger partial charge is 0.494 e. The van der Waals surface area contributed by atoms with Gasteiger partial charge in [-0.3, -0.25) is 4.90 Å². The van der Waals surface area contributed by atoms with E-state index in [0.29, 0.717) is 26.1 Å². The molecule has 0 spiro atoms. The van der Waals surface area contributed by atoms with Gasteiger partial charge in [0.15, 0.2) is 0 Å². The van der Waals surface area contributed by atoms with Gasteiger partial charge < -0.3 is 19.2 Å². The third-order valence-corrected chi connectivity index (χ3v) is 6.89. The summed E-state index contributed by atoms with van der Waals surface area (Å²) in [7, 11) is 1.77. The van der Waals surface area contributed by atoms with Crippen molar-refractivity contribution < 1.29 is 19.2 Å². The Balaban J connectivity index is 1.53. The van der Waals surface area contributed by atoms with E-state index in [9.17, 15) is 5.11 Å². The number of nitrogens with zero attached hydrogens (tertiary/aromatic N) is 1. The van der Waals surface area contributed by atoms with Crippen LogP contribution >= 0.6 is 0 Å². The lowest BCUT2D eigenvalue weighted by Gasteiger charge is -2.50. The van der Waals surface area contributed by atoms with Crippen molar-refractivity contribution in [3.63, 3.8) is 0 Å². The number of morpholine rings is 1. The second-order valence-electron chi connectivity index (χ2n) is 9.16. The Morgan fingerprint density at radius 2 is 1.46 bits per heavy atom. The van der Waals surface area contributed by atoms with E-state index < -0.39 is 5.60 Å². The van der Waals surface area contributed by atoms with Crippen LogP contribution in [0.5, 0.6) is 0 Å². The van der Waals surface area contributed by atoms with E-state index in [0.717, 1.165) is 11.0 Å². The molecule has 2 atom stereocenters. The van der Waals surface area contributed by atoms with Crippen molar-refractivity contribution in [2.75, 3.05) is 20.3 Å². The third-order valence-electron chi connectivity index (χ3n) is 6.89. The summed E-state index contributed by atoms with van der Waals surface area (Å²) >= 11 is 0. The quantitative estimate of drug-likeness (QED) is 0.815. The standard InChI is InChI=1S/C20H30BNO4/c1-18(2)19(3,4)26-21(25-18)15-8-6-14(7-9-15)20(23)10-16-12-24-13-17(11-20)22(16)5/h6-9,16-17,23H,10-13H2,1-5H3. The first kappa shape index (κ1) is 18.4. The summed E-state index contributed by atoms with van der Waals surface area (Å²) in [5, 5.41) is 11.3. The average molecular weight is 359 g/mol. The Labute approximate surface area is 156 Å². The van der Waals surface area contributed by atoms with Crippen LogP contribution in [0.2, 0.25) is 0 Å². The molecule has 1 aromatic carbocycles. The minimum Gasteiger partial charge on any atom is -0.399 e. The zero-order chi connectivity index (χ0) is 18.7. The molecule has 0 amide bonds. The molecule has 5 nitrogen and oxygen atoms in total. The summed E-state index contributed by atoms with van der Waals surface area (Å²) in [6, 6.07) is 8.66. The normalized spacial score (nSPS) is 36.3. The molecule has 4 rings (SSSR count). The van der Waals surface area contributed by atoms with E-state index in [1.165, 1.54) is 0 Å². The monoisotopic (exact) mass is 359 g/mol. The van der Waals surface area contributed by atoms with Crippen molar-refractivity contribution in [1.29, 1.82) is 0 Å². The number of benzene rings is 1. The van der Waals surface area contributed by atoms with Gasteiger partial charge in [0.25, 0.3) is 0 Å². The number of likely N-dealkylation sites (N-methyl/N-ethyl adjacent to an activating group) is 1. The van der Waals surface area contributed by atoms with Gasteiger partial charge in [-0.1, -0.05) is 24.3 Å². The molecule has 0 saturated carbocycles. The Hall–Kier alpha value is -0.915. The molecule has 26 heavy (non-hydrogen) atoms. The number of aliphatic hydroxyl groups is 1. The molecule has 3 saturated heterocycles. The fourth-order valence-electron chi connectivity index (χ4n) is 4.31. The van der Waals surface area contributed by atoms with Gasteiger partial charge in [0.1, 0.15) is 0 Å². The first-order chi connectivity index (χ1) is 12.1. The second-order valence-corrected chi connectivity index (χ2v) is 9.16. The third kappa shape index (κ3) is 2.92. The summed E-state index contributed by atoms with van der Waals surface area (Å²) < 4.78 is 17.9. The molecular weight excluding hydrogens is 329 g/mol. The van der Waals surface area contributed by atoms with Gasteiger partial charge in [-0.05, 0) is 58.6 Å². The van der Waals surface area contributed by atoms with Crippen LogP contribution in [0.25, 0.3) is 0 Å². The molecule has 142 valence electrons. The summed E-state index contributed by atoms with van der Waals surface area (Å²) in [4.78, 5) is 2.36. The predicted molar refractivity (Wildman–Crippen MR) is 101 cm³/mol. The van der Waals surface area contributed by atoms with E-state index >= 15 is 0 Å². The van der Waals surface area contributed by atoms with E-state index in [-0.39, 0.29) is 30.4 Å². The molecule has 0 aromatic heterocycles. The summed E-state index contributed by atoms with van der Waals surface area (Å²) in [6.45, 7) is 9.63. The number of hydrogen-bond donors (Lipinski definition) is 1. The van der Waals surface area contributed by atoms with E-state index in [4.69, 9.17) is 14.0 Å². The molecule has 3 aliphatic heterocycles. The summed E-state index contributed by atoms with van der Waals surface area (Å²) in [5.41, 5.74) is 0.482. The molecule has 6 heteroatoms. The van der Waals surface area contributed by atoms with Crippen molar-refractivity contribution in [2.45, 2.75) is 69.4 Å². The number of rotatable bonds is 2. The van der Waals surface area contributed by atoms with Crippen LogP contribution < -0.4 is 5.46 Å². The van der Waals surface area contributed by atoms with Crippen molar-refractivity contribution in [2.24, 2.45) is 0 Å². The predicted octanol–water partition coefficient (Wildman–Crippen LogP) is 1.67. The Morgan fingerprint density at radius 1 is 0.962 bits per heavy atom. The molecular formula is C20H30BNO4. The van der Waals surface area contributed by atoms with Crippen LogP contribution in [-0.4, -0.2) is 60.7 Å². The van der Waals surface area contributed by atoms with Crippen LogP contribution in [-0.2, 0) is 19.6 Å². The van der Waals surface area contributed by atoms with Crippen LogP contribution in [0.15, 0.2) is 24.3 Å². The van der Waals surface area contributed by atoms with Crippen molar-refractivity contribution in [3.05, 3.63) is 29.8 Å². The minimum atomic E-state index is -0.792. The second kappa shape index (κ2) is 6.04. The lowest BCUT2D eigenvalue weighted by molar-refractivity contribution is -0.137. The summed E-state index contributed by atoms with van der Waals surface area (Å²) in [6.07, 6.45) is 1.41. The minimum absolute atomic E-state index is 0.273. The van der Waals surface area contributed by atoms with Crippen LogP contribution in [0, 0.1) is 0 Å². The number of hydrogen-bond acceptors (Lipinski definition) is 5. The lowest BCUT2D eigenvalue weighted by atomic mass is 9.74. The van der Waals surface area contributed by atoms with Crippen molar-refractivity contribution >= 4 is 12.6 Å². The molecule has 0 radical (unpaired) electrons. The highest BCUT2D eigenvalue weighted by molar-refractivity contribution is 6.62. The Kier molecular flexibility index (Phi) is 4.29. The van der Waals surface area contributed by atoms with Crippen LogP contribution in [0.4, 0.5) is 0 Å². The maximum Gasteiger partial charge on any atom is 0.494 e. The van der Waals surface area contributed by atoms with Gasteiger partial charge in [-0.15, -0.1) is 0 Å². The number of fused-ring (bicyclic) bond motifs is 2. The van der Waals surface area contributed by atoms with Gasteiger partial charge in [0, 0.05) is 12.1 Å². The highest BCUT2D eigenvalue weighted by Crippen LogP contribution is 2.40. The lowest BCUT2D eigenvalue weighted by Crippen LogP contribution is -2.59. The van der Waals surface area contributed by atoms with E-state index in [1.807, 2.05) is 24.3 Å². The van der Waals surface area contributed by atoms with Gasteiger partial charge in [0.2, 0.25) is 0 Å². The van der Waals surface area contributed by atoms with Gasteiger partial charge in [-0.25, -0.2) is 0 Å². The molecule has 1 N–H and O–H groups in total. The Bertz CT molecular complexity index is 645. The topological polar surface area (TPSA) is 51.2 Å². The van der Waals surface area contributed by atoms with Gasteiger partial charge in [0.05, 0.1) is 30.0 Å². The Morgan fingerprint density at radius 3 is 1.96 bits per heavy atom. The fraction of sp³-hybridized carbons (Fsp3) is 0.700. The zero-order valence-electron chi connectivity index (χ0n) is 16.5. The highest BCUT2D eigenvalue weighted by Gasteiger charge is 2.52. The van der Waals surface area contributed by atoms with Crippen molar-refractivity contribution in [3.8, 4) is 0 Å². The molecule has 2 unspecified atom stereocenters. The maximum atomic E-state index is 11.3. The first-order valence-electron chi connectivity index (χ1n) is 9.59. The molecule has 3 aliphatic rings. The van der Waals surface area contributed by atoms with Crippen LogP contribution in [0.1, 0.15) is 46.1 Å². The van der Waals surface area contributed by atoms with Crippen LogP contribution in [0.3, 0.4) is 0 Å². The SMILES string of the molecule is CN1C2COCC1CC(O)(c1ccc(B3OC(C)(C)C(C)(C)O3)cc1)C2. The molecule has 3 fully saturated rings. The first-order valence-corrected chi connectivity index (χ1v) is 9.59.